The molecule has 1 aromatic rings. The third-order valence-electron chi connectivity index (χ3n) is 7.90. The number of rotatable bonds is 10. The Bertz CT molecular complexity index is 816. The number of hydrogen-bond acceptors (Lipinski definition) is 3. The van der Waals surface area contributed by atoms with Crippen LogP contribution in [0.5, 0.6) is 5.75 Å². The van der Waals surface area contributed by atoms with Crippen molar-refractivity contribution in [3.05, 3.63) is 24.3 Å². The Kier molecular flexibility index (Phi) is 9.92. The zero-order valence-corrected chi connectivity index (χ0v) is 21.2. The molecule has 35 heavy (non-hydrogen) atoms. The summed E-state index contributed by atoms with van der Waals surface area (Å²) in [7, 11) is 0. The number of alkyl halides is 5. The lowest BCUT2D eigenvalue weighted by atomic mass is 9.63. The van der Waals surface area contributed by atoms with Gasteiger partial charge in [-0.1, -0.05) is 64.7 Å². The maximum absolute atomic E-state index is 15.8. The molecule has 3 rings (SSSR count). The molecule has 0 spiro atoms. The van der Waals surface area contributed by atoms with Crippen LogP contribution in [0.15, 0.2) is 29.2 Å². The summed E-state index contributed by atoms with van der Waals surface area (Å²) in [5.74, 6) is -2.56. The van der Waals surface area contributed by atoms with E-state index in [-0.39, 0.29) is 18.6 Å². The van der Waals surface area contributed by atoms with E-state index in [0.717, 1.165) is 19.3 Å². The van der Waals surface area contributed by atoms with E-state index in [9.17, 15) is 9.18 Å². The second-order valence-electron chi connectivity index (χ2n) is 10.3. The molecule has 2 aliphatic rings. The SMILES string of the molecule is CCCCCCCCC1CCC(C2(F)C(F)CC(F)(C(=O)Oc3ccc(S)cc3)C(F)C2F)CC1. The van der Waals surface area contributed by atoms with E-state index in [4.69, 9.17) is 4.74 Å². The van der Waals surface area contributed by atoms with Crippen LogP contribution in [0.25, 0.3) is 0 Å². The Hall–Kier alpha value is -1.31. The van der Waals surface area contributed by atoms with Crippen LogP contribution in [0.4, 0.5) is 22.0 Å². The third-order valence-corrected chi connectivity index (χ3v) is 8.20. The van der Waals surface area contributed by atoms with Crippen molar-refractivity contribution in [2.75, 3.05) is 0 Å². The molecule has 5 unspecified atom stereocenters. The highest BCUT2D eigenvalue weighted by molar-refractivity contribution is 7.80. The molecule has 0 bridgehead atoms. The van der Waals surface area contributed by atoms with Gasteiger partial charge in [0, 0.05) is 11.3 Å². The minimum atomic E-state index is -3.61. The fourth-order valence-corrected chi connectivity index (χ4v) is 5.80. The molecule has 198 valence electrons. The molecular weight excluding hydrogens is 483 g/mol. The highest BCUT2D eigenvalue weighted by Crippen LogP contribution is 2.53. The minimum Gasteiger partial charge on any atom is -0.424 e. The molecule has 0 radical (unpaired) electrons. The van der Waals surface area contributed by atoms with Gasteiger partial charge in [0.2, 0.25) is 5.67 Å². The maximum atomic E-state index is 15.8. The van der Waals surface area contributed by atoms with Crippen molar-refractivity contribution in [1.29, 1.82) is 0 Å². The number of hydrogen-bond donors (Lipinski definition) is 1. The average molecular weight is 521 g/mol. The molecule has 0 saturated heterocycles. The van der Waals surface area contributed by atoms with Crippen LogP contribution < -0.4 is 4.74 Å². The quantitative estimate of drug-likeness (QED) is 0.110. The van der Waals surface area contributed by atoms with Crippen LogP contribution in [-0.2, 0) is 4.79 Å². The van der Waals surface area contributed by atoms with Crippen molar-refractivity contribution in [2.45, 2.75) is 119 Å². The highest BCUT2D eigenvalue weighted by Gasteiger charge is 2.70. The van der Waals surface area contributed by atoms with E-state index in [1.807, 2.05) is 0 Å². The van der Waals surface area contributed by atoms with Crippen LogP contribution in [0.1, 0.15) is 84.0 Å². The van der Waals surface area contributed by atoms with Crippen molar-refractivity contribution < 1.29 is 31.5 Å². The van der Waals surface area contributed by atoms with Gasteiger partial charge in [0.1, 0.15) is 11.9 Å². The second kappa shape index (κ2) is 12.3. The van der Waals surface area contributed by atoms with Gasteiger partial charge in [-0.05, 0) is 48.9 Å². The van der Waals surface area contributed by atoms with Gasteiger partial charge in [0.25, 0.3) is 0 Å². The van der Waals surface area contributed by atoms with E-state index in [0.29, 0.717) is 23.7 Å². The van der Waals surface area contributed by atoms with Gasteiger partial charge in [-0.2, -0.15) is 0 Å². The summed E-state index contributed by atoms with van der Waals surface area (Å²) in [6.45, 7) is 2.17. The van der Waals surface area contributed by atoms with Crippen LogP contribution in [0.2, 0.25) is 0 Å². The lowest BCUT2D eigenvalue weighted by Crippen LogP contribution is -2.67. The normalized spacial score (nSPS) is 35.6. The minimum absolute atomic E-state index is 0.122. The molecular formula is C27H37F5O2S. The van der Waals surface area contributed by atoms with Crippen LogP contribution in [-0.4, -0.2) is 35.8 Å². The first-order valence-electron chi connectivity index (χ1n) is 12.9. The number of carbonyl (C=O) groups excluding carboxylic acids is 1. The Labute approximate surface area is 210 Å². The van der Waals surface area contributed by atoms with Gasteiger partial charge in [0.05, 0.1) is 0 Å². The number of ether oxygens (including phenoxy) is 1. The van der Waals surface area contributed by atoms with Crippen molar-refractivity contribution in [2.24, 2.45) is 11.8 Å². The number of carbonyl (C=O) groups is 1. The van der Waals surface area contributed by atoms with Crippen LogP contribution in [0.3, 0.4) is 0 Å². The smallest absolute Gasteiger partial charge is 0.352 e. The molecule has 1 aromatic carbocycles. The van der Waals surface area contributed by atoms with Crippen LogP contribution in [0, 0.1) is 11.8 Å². The summed E-state index contributed by atoms with van der Waals surface area (Å²) < 4.78 is 81.1. The fourth-order valence-electron chi connectivity index (χ4n) is 5.65. The van der Waals surface area contributed by atoms with E-state index < -0.39 is 48.2 Å². The second-order valence-corrected chi connectivity index (χ2v) is 10.8. The molecule has 0 aromatic heterocycles. The molecule has 2 saturated carbocycles. The van der Waals surface area contributed by atoms with E-state index in [2.05, 4.69) is 19.6 Å². The fraction of sp³-hybridized carbons (Fsp3) is 0.741. The standard InChI is InChI=1S/C27H37F5O2S/c1-2-3-4-5-6-7-8-18-9-11-19(12-10-18)27(32)22(28)17-26(31,23(29)24(27)30)25(33)34-20-13-15-21(35)16-14-20/h13-16,18-19,22-24,35H,2-12,17H2,1H3. The Morgan fingerprint density at radius 3 is 2.17 bits per heavy atom. The summed E-state index contributed by atoms with van der Waals surface area (Å²) in [5.41, 5.74) is -6.77. The predicted octanol–water partition coefficient (Wildman–Crippen LogP) is 8.27. The highest BCUT2D eigenvalue weighted by atomic mass is 32.1. The third kappa shape index (κ3) is 6.34. The van der Waals surface area contributed by atoms with E-state index in [1.165, 1.54) is 49.9 Å². The Morgan fingerprint density at radius 2 is 1.54 bits per heavy atom. The number of thiol groups is 1. The summed E-state index contributed by atoms with van der Waals surface area (Å²) in [4.78, 5) is 12.9. The first kappa shape index (κ1) is 28.3. The van der Waals surface area contributed by atoms with Crippen molar-refractivity contribution in [3.63, 3.8) is 0 Å². The van der Waals surface area contributed by atoms with Crippen LogP contribution >= 0.6 is 12.6 Å². The Balaban J connectivity index is 1.57. The van der Waals surface area contributed by atoms with Crippen molar-refractivity contribution >= 4 is 18.6 Å². The number of halogens is 5. The molecule has 8 heteroatoms. The van der Waals surface area contributed by atoms with Gasteiger partial charge in [-0.15, -0.1) is 12.6 Å². The van der Waals surface area contributed by atoms with Gasteiger partial charge < -0.3 is 4.74 Å². The summed E-state index contributed by atoms with van der Waals surface area (Å²) in [6, 6.07) is 5.50. The predicted molar refractivity (Wildman–Crippen MR) is 130 cm³/mol. The van der Waals surface area contributed by atoms with Gasteiger partial charge in [0.15, 0.2) is 18.0 Å². The van der Waals surface area contributed by atoms with Crippen molar-refractivity contribution in [1.82, 2.24) is 0 Å². The first-order chi connectivity index (χ1) is 16.6. The van der Waals surface area contributed by atoms with E-state index in [1.54, 1.807) is 0 Å². The Morgan fingerprint density at radius 1 is 0.943 bits per heavy atom. The largest absolute Gasteiger partial charge is 0.424 e. The first-order valence-corrected chi connectivity index (χ1v) is 13.4. The number of benzene rings is 1. The number of unbranched alkanes of at least 4 members (excludes halogenated alkanes) is 5. The lowest BCUT2D eigenvalue weighted by Gasteiger charge is -2.48. The molecule has 5 atom stereocenters. The summed E-state index contributed by atoms with van der Waals surface area (Å²) >= 11 is 4.07. The topological polar surface area (TPSA) is 26.3 Å². The lowest BCUT2D eigenvalue weighted by molar-refractivity contribution is -0.195. The van der Waals surface area contributed by atoms with Gasteiger partial charge in [-0.3, -0.25) is 0 Å². The maximum Gasteiger partial charge on any atom is 0.352 e. The van der Waals surface area contributed by atoms with Crippen molar-refractivity contribution in [3.8, 4) is 5.75 Å². The van der Waals surface area contributed by atoms with E-state index >= 15 is 17.6 Å². The van der Waals surface area contributed by atoms with Gasteiger partial charge in [-0.25, -0.2) is 26.7 Å². The molecule has 0 amide bonds. The molecule has 0 heterocycles. The average Bonchev–Trinajstić information content (AvgIpc) is 2.85. The molecule has 2 nitrogen and oxygen atoms in total. The molecule has 2 fully saturated rings. The summed E-state index contributed by atoms with van der Waals surface area (Å²) in [6.07, 6.45) is -0.578. The summed E-state index contributed by atoms with van der Waals surface area (Å²) in [5, 5.41) is 0. The zero-order valence-electron chi connectivity index (χ0n) is 20.3. The van der Waals surface area contributed by atoms with Gasteiger partial charge >= 0.3 is 5.97 Å². The zero-order chi connectivity index (χ0) is 25.6. The molecule has 2 aliphatic carbocycles. The molecule has 0 N–H and O–H groups in total. The number of esters is 1. The molecule has 0 aliphatic heterocycles. The monoisotopic (exact) mass is 520 g/mol.